The summed E-state index contributed by atoms with van der Waals surface area (Å²) in [6.07, 6.45) is 0. The lowest BCUT2D eigenvalue weighted by Crippen LogP contribution is -2.29. The van der Waals surface area contributed by atoms with Crippen molar-refractivity contribution in [2.24, 2.45) is 0 Å². The third-order valence-corrected chi connectivity index (χ3v) is 5.06. The first kappa shape index (κ1) is 8.87. The highest BCUT2D eigenvalue weighted by Gasteiger charge is 2.28. The molecule has 0 aromatic heterocycles. The molecule has 0 spiro atoms. The van der Waals surface area contributed by atoms with Gasteiger partial charge in [0.05, 0.1) is 0 Å². The summed E-state index contributed by atoms with van der Waals surface area (Å²) < 4.78 is 2.13. The fourth-order valence-corrected chi connectivity index (χ4v) is 2.64. The molecule has 0 amide bonds. The third kappa shape index (κ3) is 1.23. The lowest BCUT2D eigenvalue weighted by atomic mass is 10.9. The van der Waals surface area contributed by atoms with Crippen LogP contribution in [-0.4, -0.2) is 29.0 Å². The van der Waals surface area contributed by atoms with E-state index in [1.807, 2.05) is 14.1 Å². The highest BCUT2D eigenvalue weighted by atomic mass is 79.9. The second-order valence-corrected chi connectivity index (χ2v) is 4.44. The van der Waals surface area contributed by atoms with Crippen LogP contribution in [0.3, 0.4) is 0 Å². The fraction of sp³-hybridized carbons (Fsp3) is 0.600. The SMILES string of the molecule is CN1C(Br)=C(Br)N(C)C1Br. The van der Waals surface area contributed by atoms with Crippen LogP contribution < -0.4 is 0 Å². The number of hydrogen-bond acceptors (Lipinski definition) is 2. The molecule has 0 fully saturated rings. The van der Waals surface area contributed by atoms with E-state index in [2.05, 4.69) is 57.6 Å². The van der Waals surface area contributed by atoms with Crippen LogP contribution in [0.2, 0.25) is 0 Å². The van der Waals surface area contributed by atoms with Gasteiger partial charge in [0.2, 0.25) is 0 Å². The molecule has 1 aliphatic heterocycles. The Morgan fingerprint density at radius 1 is 1.10 bits per heavy atom. The molecule has 58 valence electrons. The largest absolute Gasteiger partial charge is 0.337 e. The Morgan fingerprint density at radius 2 is 1.40 bits per heavy atom. The van der Waals surface area contributed by atoms with Crippen LogP contribution in [0.4, 0.5) is 0 Å². The second kappa shape index (κ2) is 3.03. The predicted octanol–water partition coefficient (Wildman–Crippen LogP) is 2.46. The Kier molecular flexibility index (Phi) is 2.69. The monoisotopic (exact) mass is 332 g/mol. The smallest absolute Gasteiger partial charge is 0.160 e. The van der Waals surface area contributed by atoms with Gasteiger partial charge < -0.3 is 9.80 Å². The minimum absolute atomic E-state index is 0.247. The third-order valence-electron chi connectivity index (χ3n) is 1.43. The van der Waals surface area contributed by atoms with Crippen LogP contribution >= 0.6 is 47.8 Å². The molecule has 2 nitrogen and oxygen atoms in total. The molecule has 0 aromatic rings. The van der Waals surface area contributed by atoms with Gasteiger partial charge in [0, 0.05) is 14.1 Å². The predicted molar refractivity (Wildman–Crippen MR) is 53.1 cm³/mol. The molecule has 0 unspecified atom stereocenters. The van der Waals surface area contributed by atoms with E-state index in [1.54, 1.807) is 0 Å². The first-order valence-corrected chi connectivity index (χ1v) is 5.21. The summed E-state index contributed by atoms with van der Waals surface area (Å²) in [6, 6.07) is 0. The first-order chi connectivity index (χ1) is 4.55. The van der Waals surface area contributed by atoms with E-state index in [0.717, 1.165) is 9.21 Å². The van der Waals surface area contributed by atoms with Gasteiger partial charge in [-0.2, -0.15) is 0 Å². The molecule has 1 heterocycles. The molecule has 0 saturated heterocycles. The van der Waals surface area contributed by atoms with Gasteiger partial charge in [-0.25, -0.2) is 0 Å². The maximum atomic E-state index is 3.50. The molecule has 0 aromatic carbocycles. The van der Waals surface area contributed by atoms with Crippen molar-refractivity contribution in [1.82, 2.24) is 9.80 Å². The zero-order valence-electron chi connectivity index (χ0n) is 5.61. The average Bonchev–Trinajstić information content (AvgIpc) is 2.07. The molecule has 0 radical (unpaired) electrons. The van der Waals surface area contributed by atoms with Crippen molar-refractivity contribution in [2.75, 3.05) is 14.1 Å². The average molecular weight is 335 g/mol. The topological polar surface area (TPSA) is 6.48 Å². The number of halogens is 3. The van der Waals surface area contributed by atoms with E-state index in [4.69, 9.17) is 0 Å². The van der Waals surface area contributed by atoms with Crippen molar-refractivity contribution in [2.45, 2.75) is 5.08 Å². The Hall–Kier alpha value is 0.780. The standard InChI is InChI=1S/C5H7Br3N2/c1-9-3(6)4(7)10(2)5(9)8/h5H,1-2H3. The normalized spacial score (nSPS) is 21.3. The first-order valence-electron chi connectivity index (χ1n) is 2.70. The molecule has 10 heavy (non-hydrogen) atoms. The van der Waals surface area contributed by atoms with E-state index in [1.165, 1.54) is 0 Å². The quantitative estimate of drug-likeness (QED) is 0.496. The van der Waals surface area contributed by atoms with Crippen molar-refractivity contribution in [3.05, 3.63) is 9.21 Å². The van der Waals surface area contributed by atoms with E-state index in [-0.39, 0.29) is 5.08 Å². The minimum atomic E-state index is 0.247. The molecule has 1 aliphatic rings. The molecule has 0 N–H and O–H groups in total. The van der Waals surface area contributed by atoms with Gasteiger partial charge in [0.25, 0.3) is 0 Å². The summed E-state index contributed by atoms with van der Waals surface area (Å²) in [6.45, 7) is 0. The van der Waals surface area contributed by atoms with Crippen molar-refractivity contribution in [3.8, 4) is 0 Å². The summed E-state index contributed by atoms with van der Waals surface area (Å²) in [5.74, 6) is 0. The molecule has 0 saturated carbocycles. The zero-order valence-corrected chi connectivity index (χ0v) is 10.4. The number of nitrogens with zero attached hydrogens (tertiary/aromatic N) is 2. The molecular formula is C5H7Br3N2. The van der Waals surface area contributed by atoms with E-state index >= 15 is 0 Å². The van der Waals surface area contributed by atoms with Gasteiger partial charge in [-0.1, -0.05) is 0 Å². The lowest BCUT2D eigenvalue weighted by Gasteiger charge is -2.22. The molecular weight excluding hydrogens is 328 g/mol. The highest BCUT2D eigenvalue weighted by Crippen LogP contribution is 2.35. The van der Waals surface area contributed by atoms with Crippen LogP contribution in [0, 0.1) is 0 Å². The van der Waals surface area contributed by atoms with Crippen LogP contribution in [-0.2, 0) is 0 Å². The van der Waals surface area contributed by atoms with Gasteiger partial charge in [0.15, 0.2) is 5.08 Å². The maximum absolute atomic E-state index is 3.50. The fourth-order valence-electron chi connectivity index (χ4n) is 0.738. The van der Waals surface area contributed by atoms with Gasteiger partial charge in [-0.05, 0) is 47.8 Å². The van der Waals surface area contributed by atoms with Crippen LogP contribution in [0.5, 0.6) is 0 Å². The van der Waals surface area contributed by atoms with E-state index in [0.29, 0.717) is 0 Å². The Morgan fingerprint density at radius 3 is 1.50 bits per heavy atom. The van der Waals surface area contributed by atoms with Crippen LogP contribution in [0.25, 0.3) is 0 Å². The summed E-state index contributed by atoms with van der Waals surface area (Å²) in [5, 5.41) is 0.247. The van der Waals surface area contributed by atoms with Gasteiger partial charge in [-0.15, -0.1) is 0 Å². The molecule has 1 rings (SSSR count). The van der Waals surface area contributed by atoms with Gasteiger partial charge in [0.1, 0.15) is 9.21 Å². The Balaban J connectivity index is 2.88. The van der Waals surface area contributed by atoms with Crippen molar-refractivity contribution >= 4 is 47.8 Å². The molecule has 5 heteroatoms. The highest BCUT2D eigenvalue weighted by molar-refractivity contribution is 9.14. The van der Waals surface area contributed by atoms with Gasteiger partial charge in [-0.3, -0.25) is 0 Å². The second-order valence-electron chi connectivity index (χ2n) is 2.11. The molecule has 0 bridgehead atoms. The van der Waals surface area contributed by atoms with Crippen molar-refractivity contribution in [3.63, 3.8) is 0 Å². The van der Waals surface area contributed by atoms with E-state index < -0.39 is 0 Å². The summed E-state index contributed by atoms with van der Waals surface area (Å²) in [7, 11) is 4.02. The molecule has 0 atom stereocenters. The van der Waals surface area contributed by atoms with Crippen LogP contribution in [0.15, 0.2) is 9.21 Å². The van der Waals surface area contributed by atoms with Crippen LogP contribution in [0.1, 0.15) is 0 Å². The molecule has 0 aliphatic carbocycles. The van der Waals surface area contributed by atoms with Crippen molar-refractivity contribution < 1.29 is 0 Å². The maximum Gasteiger partial charge on any atom is 0.160 e. The lowest BCUT2D eigenvalue weighted by molar-refractivity contribution is 0.304. The summed E-state index contributed by atoms with van der Waals surface area (Å²) in [4.78, 5) is 4.15. The summed E-state index contributed by atoms with van der Waals surface area (Å²) >= 11 is 10.4. The Bertz CT molecular complexity index is 162. The summed E-state index contributed by atoms with van der Waals surface area (Å²) in [5.41, 5.74) is 0. The number of rotatable bonds is 0. The number of alkyl halides is 1. The Labute approximate surface area is 85.6 Å². The van der Waals surface area contributed by atoms with Crippen molar-refractivity contribution in [1.29, 1.82) is 0 Å². The van der Waals surface area contributed by atoms with Gasteiger partial charge >= 0.3 is 0 Å². The van der Waals surface area contributed by atoms with E-state index in [9.17, 15) is 0 Å². The number of hydrogen-bond donors (Lipinski definition) is 0. The minimum Gasteiger partial charge on any atom is -0.337 e. The zero-order chi connectivity index (χ0) is 7.89.